The van der Waals surface area contributed by atoms with Crippen LogP contribution in [0, 0.1) is 0 Å². The number of hydrogen-bond donors (Lipinski definition) is 0. The van der Waals surface area contributed by atoms with Crippen LogP contribution in [-0.2, 0) is 18.1 Å². The van der Waals surface area contributed by atoms with Gasteiger partial charge in [-0.2, -0.15) is 0 Å². The monoisotopic (exact) mass is 413 g/mol. The quantitative estimate of drug-likeness (QED) is 0.427. The molecule has 0 N–H and O–H groups in total. The predicted molar refractivity (Wildman–Crippen MR) is 114 cm³/mol. The largest absolute Gasteiger partial charge is 0.518 e. The molecule has 4 nitrogen and oxygen atoms in total. The Hall–Kier alpha value is -0.176. The Bertz CT molecular complexity index is 439. The second kappa shape index (κ2) is 10.6. The second-order valence-corrected chi connectivity index (χ2v) is 15.7. The van der Waals surface area contributed by atoms with Crippen LogP contribution in [0.3, 0.4) is 0 Å². The van der Waals surface area contributed by atoms with Crippen LogP contribution in [0.25, 0.3) is 0 Å². The van der Waals surface area contributed by atoms with Gasteiger partial charge in [-0.15, -0.1) is 0 Å². The van der Waals surface area contributed by atoms with Gasteiger partial charge >= 0.3 is 9.28 Å². The topological polar surface area (TPSA) is 44.8 Å². The van der Waals surface area contributed by atoms with Gasteiger partial charge in [0.2, 0.25) is 0 Å². The van der Waals surface area contributed by atoms with Gasteiger partial charge in [0.25, 0.3) is 14.3 Å². The van der Waals surface area contributed by atoms with Gasteiger partial charge in [-0.25, -0.2) is 0 Å². The highest BCUT2D eigenvalue weighted by Gasteiger charge is 2.55. The highest BCUT2D eigenvalue weighted by molar-refractivity contribution is 6.78. The van der Waals surface area contributed by atoms with Crippen molar-refractivity contribution in [2.75, 3.05) is 14.2 Å². The van der Waals surface area contributed by atoms with E-state index in [2.05, 4.69) is 13.8 Å². The zero-order valence-electron chi connectivity index (χ0n) is 18.3. The van der Waals surface area contributed by atoms with E-state index in [9.17, 15) is 4.79 Å². The fourth-order valence-electron chi connectivity index (χ4n) is 5.52. The lowest BCUT2D eigenvalue weighted by atomic mass is 9.99. The normalized spacial score (nSPS) is 22.6. The Balaban J connectivity index is 2.32. The molecule has 0 aliphatic heterocycles. The standard InChI is InChI=1S/C21H41O4Si2/c1-6-21(3,26(23-4)24-5)20(22)25-27(7-2,18-14-10-8-11-15-18)19-16-12-9-13-17-19/h18-19H,6-17H2,1-5H3. The Morgan fingerprint density at radius 1 is 0.926 bits per heavy atom. The third kappa shape index (κ3) is 4.88. The summed E-state index contributed by atoms with van der Waals surface area (Å²) in [6.45, 7) is 6.35. The Labute approximate surface area is 169 Å². The maximum atomic E-state index is 13.6. The van der Waals surface area contributed by atoms with Crippen LogP contribution in [0.1, 0.15) is 91.4 Å². The molecule has 0 aromatic heterocycles. The minimum absolute atomic E-state index is 0.0350. The average Bonchev–Trinajstić information content (AvgIpc) is 2.73. The SMILES string of the molecule is CCC(C)(C(=O)O[Si](CC)(C1CCCCC1)C1CCCCC1)[Si](OC)OC. The van der Waals surface area contributed by atoms with Crippen LogP contribution in [0.2, 0.25) is 22.2 Å². The van der Waals surface area contributed by atoms with Crippen molar-refractivity contribution >= 4 is 23.6 Å². The van der Waals surface area contributed by atoms with Crippen LogP contribution >= 0.6 is 0 Å². The minimum Gasteiger partial charge on any atom is -0.518 e. The molecule has 2 fully saturated rings. The van der Waals surface area contributed by atoms with E-state index in [1.807, 2.05) is 6.92 Å². The molecule has 1 unspecified atom stereocenters. The lowest BCUT2D eigenvalue weighted by molar-refractivity contribution is -0.140. The first-order chi connectivity index (χ1) is 13.0. The van der Waals surface area contributed by atoms with Crippen molar-refractivity contribution in [3.05, 3.63) is 0 Å². The van der Waals surface area contributed by atoms with E-state index in [-0.39, 0.29) is 5.97 Å². The van der Waals surface area contributed by atoms with Crippen molar-refractivity contribution in [1.29, 1.82) is 0 Å². The first-order valence-electron chi connectivity index (χ1n) is 11.2. The summed E-state index contributed by atoms with van der Waals surface area (Å²) in [4.78, 5) is 13.6. The maximum absolute atomic E-state index is 13.6. The molecule has 2 saturated carbocycles. The summed E-state index contributed by atoms with van der Waals surface area (Å²) in [5.74, 6) is -0.0350. The average molecular weight is 414 g/mol. The number of rotatable bonds is 9. The van der Waals surface area contributed by atoms with Gasteiger partial charge in [0.15, 0.2) is 0 Å². The third-order valence-electron chi connectivity index (χ3n) is 7.41. The van der Waals surface area contributed by atoms with Gasteiger partial charge in [-0.3, -0.25) is 4.79 Å². The maximum Gasteiger partial charge on any atom is 0.402 e. The summed E-state index contributed by atoms with van der Waals surface area (Å²) in [5, 5.41) is -0.648. The van der Waals surface area contributed by atoms with Gasteiger partial charge < -0.3 is 13.3 Å². The zero-order chi connectivity index (χ0) is 19.9. The van der Waals surface area contributed by atoms with Crippen molar-refractivity contribution in [1.82, 2.24) is 0 Å². The van der Waals surface area contributed by atoms with Gasteiger partial charge in [0.1, 0.15) is 5.04 Å². The number of carbonyl (C=O) groups excluding carboxylic acids is 1. The molecule has 6 heteroatoms. The highest BCUT2D eigenvalue weighted by Crippen LogP contribution is 2.52. The Kier molecular flexibility index (Phi) is 9.03. The molecule has 27 heavy (non-hydrogen) atoms. The zero-order valence-corrected chi connectivity index (χ0v) is 20.3. The summed E-state index contributed by atoms with van der Waals surface area (Å²) in [6.07, 6.45) is 13.7. The molecule has 2 aliphatic carbocycles. The first-order valence-corrected chi connectivity index (χ1v) is 14.8. The second-order valence-electron chi connectivity index (χ2n) is 8.75. The molecule has 2 rings (SSSR count). The van der Waals surface area contributed by atoms with E-state index in [1.54, 1.807) is 14.2 Å². The highest BCUT2D eigenvalue weighted by atomic mass is 28.4. The van der Waals surface area contributed by atoms with Gasteiger partial charge in [-0.05, 0) is 56.2 Å². The number of hydrogen-bond acceptors (Lipinski definition) is 4. The first kappa shape index (κ1) is 23.1. The summed E-state index contributed by atoms with van der Waals surface area (Å²) < 4.78 is 18.0. The molecule has 0 spiro atoms. The van der Waals surface area contributed by atoms with Crippen LogP contribution < -0.4 is 0 Å². The molecule has 0 aromatic rings. The molecule has 0 aromatic carbocycles. The van der Waals surface area contributed by atoms with Crippen molar-refractivity contribution in [3.8, 4) is 0 Å². The van der Waals surface area contributed by atoms with E-state index in [0.717, 1.165) is 6.04 Å². The van der Waals surface area contributed by atoms with Crippen molar-refractivity contribution in [2.45, 2.75) is 114 Å². The minimum atomic E-state index is -2.17. The van der Waals surface area contributed by atoms with Crippen molar-refractivity contribution < 1.29 is 18.1 Å². The molecular weight excluding hydrogens is 372 g/mol. The smallest absolute Gasteiger partial charge is 0.402 e. The van der Waals surface area contributed by atoms with Crippen LogP contribution in [0.5, 0.6) is 0 Å². The molecule has 0 saturated heterocycles. The lowest BCUT2D eigenvalue weighted by Crippen LogP contribution is -2.53. The van der Waals surface area contributed by atoms with E-state index in [1.165, 1.54) is 64.2 Å². The molecular formula is C21H41O4Si2. The molecule has 0 heterocycles. The molecule has 157 valence electrons. The van der Waals surface area contributed by atoms with Gasteiger partial charge in [-0.1, -0.05) is 52.4 Å². The summed E-state index contributed by atoms with van der Waals surface area (Å²) in [6, 6.07) is 1.07. The Morgan fingerprint density at radius 3 is 1.70 bits per heavy atom. The van der Waals surface area contributed by atoms with Crippen molar-refractivity contribution in [3.63, 3.8) is 0 Å². The van der Waals surface area contributed by atoms with Gasteiger partial charge in [0.05, 0.1) is 0 Å². The summed E-state index contributed by atoms with van der Waals surface area (Å²) in [5.41, 5.74) is 1.29. The van der Waals surface area contributed by atoms with Gasteiger partial charge in [0, 0.05) is 14.2 Å². The van der Waals surface area contributed by atoms with Crippen LogP contribution in [-0.4, -0.2) is 37.8 Å². The third-order valence-corrected chi connectivity index (χ3v) is 15.2. The number of carbonyl (C=O) groups is 1. The van der Waals surface area contributed by atoms with Crippen LogP contribution in [0.4, 0.5) is 0 Å². The van der Waals surface area contributed by atoms with E-state index < -0.39 is 22.6 Å². The molecule has 0 bridgehead atoms. The summed E-state index contributed by atoms with van der Waals surface area (Å²) >= 11 is 0. The molecule has 1 radical (unpaired) electrons. The van der Waals surface area contributed by atoms with E-state index in [0.29, 0.717) is 17.5 Å². The fourth-order valence-corrected chi connectivity index (χ4v) is 12.8. The molecule has 0 amide bonds. The molecule has 1 atom stereocenters. The fraction of sp³-hybridized carbons (Fsp3) is 0.952. The van der Waals surface area contributed by atoms with Crippen molar-refractivity contribution in [2.24, 2.45) is 0 Å². The summed E-state index contributed by atoms with van der Waals surface area (Å²) in [7, 11) is -0.558. The molecule has 2 aliphatic rings. The van der Waals surface area contributed by atoms with E-state index in [4.69, 9.17) is 13.3 Å². The Morgan fingerprint density at radius 2 is 1.37 bits per heavy atom. The predicted octanol–water partition coefficient (Wildman–Crippen LogP) is 6.11. The van der Waals surface area contributed by atoms with Crippen LogP contribution in [0.15, 0.2) is 0 Å². The van der Waals surface area contributed by atoms with E-state index >= 15 is 0 Å². The lowest BCUT2D eigenvalue weighted by Gasteiger charge is -2.47.